The minimum atomic E-state index is -4.54. The summed E-state index contributed by atoms with van der Waals surface area (Å²) in [6.07, 6.45) is -3.91. The first-order chi connectivity index (χ1) is 35.0. The van der Waals surface area contributed by atoms with Gasteiger partial charge in [-0.1, -0.05) is 0 Å². The van der Waals surface area contributed by atoms with Gasteiger partial charge in [-0.25, -0.2) is 59.5 Å². The number of carbonyl (C=O) groups is 2. The summed E-state index contributed by atoms with van der Waals surface area (Å²) in [5.74, 6) is 1.58. The summed E-state index contributed by atoms with van der Waals surface area (Å²) < 4.78 is 99.5. The zero-order chi connectivity index (χ0) is 53.3. The van der Waals surface area contributed by atoms with E-state index in [1.807, 2.05) is 16.7 Å². The number of nitrogens with zero attached hydrogens (tertiary/aromatic N) is 17. The molecular weight excluding hydrogens is 1010 g/mol. The molecule has 0 aromatic carbocycles. The minimum Gasteiger partial charge on any atom is -0.443 e. The number of hydrogen-bond acceptors (Lipinski definition) is 19. The van der Waals surface area contributed by atoms with Crippen LogP contribution < -0.4 is 24.9 Å². The van der Waals surface area contributed by atoms with Gasteiger partial charge in [0.25, 0.3) is 0 Å². The summed E-state index contributed by atoms with van der Waals surface area (Å²) in [4.78, 5) is 76.5. The lowest BCUT2D eigenvalue weighted by atomic mass is 10.2. The molecule has 9 heterocycles. The van der Waals surface area contributed by atoms with Crippen molar-refractivity contribution >= 4 is 75.4 Å². The van der Waals surface area contributed by atoms with Crippen molar-refractivity contribution in [1.29, 1.82) is 0 Å². The third-order valence-electron chi connectivity index (χ3n) is 11.7. The molecule has 0 unspecified atom stereocenters. The maximum Gasteiger partial charge on any atom is 0.416 e. The summed E-state index contributed by atoms with van der Waals surface area (Å²) in [5, 5.41) is 2.48. The fourth-order valence-electron chi connectivity index (χ4n) is 8.27. The Morgan fingerprint density at radius 3 is 1.68 bits per heavy atom. The highest BCUT2D eigenvalue weighted by atomic mass is 35.5. The van der Waals surface area contributed by atoms with E-state index in [-0.39, 0.29) is 63.1 Å². The first-order valence-corrected chi connectivity index (χ1v) is 23.7. The number of piperazine rings is 1. The Balaban J connectivity index is 0.000000197. The van der Waals surface area contributed by atoms with Gasteiger partial charge in [-0.2, -0.15) is 26.3 Å². The van der Waals surface area contributed by atoms with Crippen LogP contribution in [-0.4, -0.2) is 186 Å². The van der Waals surface area contributed by atoms with Gasteiger partial charge in [-0.15, -0.1) is 0 Å². The summed E-state index contributed by atoms with van der Waals surface area (Å²) in [7, 11) is 3.14. The maximum atomic E-state index is 13.9. The van der Waals surface area contributed by atoms with E-state index in [0.29, 0.717) is 101 Å². The van der Waals surface area contributed by atoms with Crippen molar-refractivity contribution in [2.75, 3.05) is 111 Å². The molecule has 0 radical (unpaired) electrons. The highest BCUT2D eigenvalue weighted by Crippen LogP contribution is 2.35. The monoisotopic (exact) mass is 1060 g/mol. The topological polar surface area (TPSA) is 229 Å². The van der Waals surface area contributed by atoms with E-state index in [1.165, 1.54) is 38.8 Å². The largest absolute Gasteiger partial charge is 0.443 e. The number of carbonyl (C=O) groups excluding carboxylic acids is 2. The third kappa shape index (κ3) is 12.3. The smallest absolute Gasteiger partial charge is 0.416 e. The molecule has 2 amide bonds. The Labute approximate surface area is 424 Å². The number of nitrogens with one attached hydrogen (secondary N) is 1. The molecule has 3 fully saturated rings. The Morgan fingerprint density at radius 1 is 0.716 bits per heavy atom. The lowest BCUT2D eigenvalue weighted by molar-refractivity contribution is -0.140. The van der Waals surface area contributed by atoms with Crippen LogP contribution in [0.25, 0.3) is 45.1 Å². The highest BCUT2D eigenvalue weighted by molar-refractivity contribution is 6.29. The molecule has 0 aliphatic carbocycles. The van der Waals surface area contributed by atoms with Gasteiger partial charge in [0.1, 0.15) is 18.7 Å². The van der Waals surface area contributed by atoms with Crippen molar-refractivity contribution in [2.24, 2.45) is 0 Å². The van der Waals surface area contributed by atoms with Gasteiger partial charge < -0.3 is 39.1 Å². The van der Waals surface area contributed by atoms with E-state index >= 15 is 0 Å². The van der Waals surface area contributed by atoms with E-state index in [9.17, 15) is 35.9 Å². The number of alkyl halides is 6. The van der Waals surface area contributed by atoms with Crippen LogP contribution in [0.3, 0.4) is 0 Å². The molecule has 398 valence electrons. The van der Waals surface area contributed by atoms with Gasteiger partial charge in [0.2, 0.25) is 29.0 Å². The second kappa shape index (κ2) is 21.5. The number of amides is 2. The molecule has 9 rings (SSSR count). The SMILES string of the molecule is CN(C(=O)OC(C)(C)C)c1ncc(-c2nc(N3CCOCC3)c3nc(Cl)n(CC(F)(F)F)c3n2)cn1.CNc1ncc(-c2nc(N3CCOCC3)c3nc(N4CCN(C(C)=O)[C@@H](C)C4)n(CC(F)(F)F)c3n2)cn1. The van der Waals surface area contributed by atoms with Crippen LogP contribution in [0, 0.1) is 0 Å². The van der Waals surface area contributed by atoms with Gasteiger partial charge in [0.05, 0.1) is 37.6 Å². The van der Waals surface area contributed by atoms with Gasteiger partial charge in [-0.05, 0) is 39.3 Å². The molecular formula is C44H53ClF6N18O5. The molecule has 0 spiro atoms. The summed E-state index contributed by atoms with van der Waals surface area (Å²) >= 11 is 6.08. The average molecular weight is 1060 g/mol. The number of anilines is 5. The van der Waals surface area contributed by atoms with Crippen molar-refractivity contribution in [2.45, 2.75) is 71.7 Å². The number of aromatic nitrogens is 12. The lowest BCUT2D eigenvalue weighted by Gasteiger charge is -2.40. The first kappa shape index (κ1) is 53.3. The van der Waals surface area contributed by atoms with Crippen LogP contribution in [0.1, 0.15) is 34.6 Å². The Bertz CT molecular complexity index is 2960. The van der Waals surface area contributed by atoms with Gasteiger partial charge >= 0.3 is 18.4 Å². The van der Waals surface area contributed by atoms with E-state index in [0.717, 1.165) is 14.0 Å². The standard InChI is InChI=1S/C23H29F3N10O2.C21H24ClF3N8O3/c1-14-12-34(4-5-35(14)15(2)37)22-30-17-19(33-6-8-38-9-7-33)31-18(16-10-28-21(27-3)29-11-16)32-20(17)36(22)13-23(24,25)26;1-20(2,3)36-19(34)31(4)18-26-9-12(10-27-18)14-29-15(32-5-7-35-8-6-32)13-16(30-14)33(17(22)28-13)11-21(23,24)25/h10-11,14H,4-9,12-13H2,1-3H3,(H,27,28,29);9-10H,5-8,11H2,1-4H3/t14-;/m0./s1. The highest BCUT2D eigenvalue weighted by Gasteiger charge is 2.37. The molecule has 23 nitrogen and oxygen atoms in total. The molecule has 1 atom stereocenters. The zero-order valence-electron chi connectivity index (χ0n) is 41.4. The van der Waals surface area contributed by atoms with E-state index < -0.39 is 37.1 Å². The lowest BCUT2D eigenvalue weighted by Crippen LogP contribution is -2.54. The number of halogens is 7. The summed E-state index contributed by atoms with van der Waals surface area (Å²) in [5.41, 5.74) is 0.516. The molecule has 3 aliphatic rings. The predicted molar refractivity (Wildman–Crippen MR) is 259 cm³/mol. The van der Waals surface area contributed by atoms with Crippen LogP contribution in [0.15, 0.2) is 24.8 Å². The normalized spacial score (nSPS) is 16.9. The van der Waals surface area contributed by atoms with Crippen molar-refractivity contribution in [3.05, 3.63) is 30.1 Å². The van der Waals surface area contributed by atoms with Crippen molar-refractivity contribution < 1.29 is 50.1 Å². The number of fused-ring (bicyclic) bond motifs is 2. The van der Waals surface area contributed by atoms with E-state index in [4.69, 9.17) is 35.8 Å². The molecule has 3 saturated heterocycles. The number of hydrogen-bond donors (Lipinski definition) is 1. The Morgan fingerprint density at radius 2 is 1.20 bits per heavy atom. The average Bonchev–Trinajstić information content (AvgIpc) is 3.87. The van der Waals surface area contributed by atoms with Gasteiger partial charge in [0, 0.05) is 97.7 Å². The van der Waals surface area contributed by atoms with Crippen LogP contribution in [0.2, 0.25) is 5.28 Å². The molecule has 0 bridgehead atoms. The molecule has 74 heavy (non-hydrogen) atoms. The summed E-state index contributed by atoms with van der Waals surface area (Å²) in [6, 6.07) is -0.191. The fraction of sp³-hybridized carbons (Fsp3) is 0.545. The van der Waals surface area contributed by atoms with Gasteiger partial charge in [-0.3, -0.25) is 13.9 Å². The maximum absolute atomic E-state index is 13.9. The van der Waals surface area contributed by atoms with Crippen LogP contribution >= 0.6 is 11.6 Å². The predicted octanol–water partition coefficient (Wildman–Crippen LogP) is 5.49. The Hall–Kier alpha value is -7.01. The first-order valence-electron chi connectivity index (χ1n) is 23.3. The van der Waals surface area contributed by atoms with E-state index in [2.05, 4.69) is 45.2 Å². The zero-order valence-corrected chi connectivity index (χ0v) is 42.1. The van der Waals surface area contributed by atoms with E-state index in [1.54, 1.807) is 37.6 Å². The molecule has 6 aromatic rings. The molecule has 30 heteroatoms. The molecule has 1 N–H and O–H groups in total. The van der Waals surface area contributed by atoms with Crippen LogP contribution in [-0.2, 0) is 32.1 Å². The molecule has 0 saturated carbocycles. The van der Waals surface area contributed by atoms with Crippen molar-refractivity contribution in [1.82, 2.24) is 63.9 Å². The minimum absolute atomic E-state index is 0.0626. The number of rotatable bonds is 9. The third-order valence-corrected chi connectivity index (χ3v) is 12.0. The van der Waals surface area contributed by atoms with Crippen molar-refractivity contribution in [3.63, 3.8) is 0 Å². The second-order valence-electron chi connectivity index (χ2n) is 18.3. The Kier molecular flexibility index (Phi) is 15.4. The van der Waals surface area contributed by atoms with Gasteiger partial charge in [0.15, 0.2) is 45.6 Å². The number of imidazole rings is 2. The molecule has 6 aromatic heterocycles. The number of morpholine rings is 2. The molecule has 3 aliphatic heterocycles. The van der Waals surface area contributed by atoms with Crippen LogP contribution in [0.5, 0.6) is 0 Å². The van der Waals surface area contributed by atoms with Crippen molar-refractivity contribution in [3.8, 4) is 22.8 Å². The summed E-state index contributed by atoms with van der Waals surface area (Å²) in [6.45, 7) is 10.7. The quantitative estimate of drug-likeness (QED) is 0.139. The van der Waals surface area contributed by atoms with Crippen LogP contribution in [0.4, 0.5) is 60.6 Å². The number of ether oxygens (including phenoxy) is 3. The second-order valence-corrected chi connectivity index (χ2v) is 18.7. The fourth-order valence-corrected chi connectivity index (χ4v) is 8.50.